The summed E-state index contributed by atoms with van der Waals surface area (Å²) in [5, 5.41) is 37.9. The molecule has 0 aliphatic heterocycles. The highest BCUT2D eigenvalue weighted by molar-refractivity contribution is 6.24. The molecular formula is C46H22N6O. The number of nitriles is 3. The minimum atomic E-state index is 0.251. The molecule has 0 atom stereocenters. The number of hydrogen-bond acceptors (Lipinski definition) is 4. The van der Waals surface area contributed by atoms with E-state index in [0.29, 0.717) is 33.6 Å². The van der Waals surface area contributed by atoms with Crippen molar-refractivity contribution in [2.24, 2.45) is 0 Å². The fourth-order valence-electron chi connectivity index (χ4n) is 8.09. The number of rotatable bonds is 3. The van der Waals surface area contributed by atoms with Crippen molar-refractivity contribution in [3.8, 4) is 40.7 Å². The van der Waals surface area contributed by atoms with Crippen molar-refractivity contribution in [1.29, 1.82) is 15.8 Å². The van der Waals surface area contributed by atoms with Crippen LogP contribution in [-0.2, 0) is 0 Å². The lowest BCUT2D eigenvalue weighted by Crippen LogP contribution is -2.04. The van der Waals surface area contributed by atoms with Crippen LogP contribution >= 0.6 is 0 Å². The number of para-hydroxylation sites is 4. The third-order valence-corrected chi connectivity index (χ3v) is 10.3. The number of furan rings is 1. The second kappa shape index (κ2) is 11.2. The first-order chi connectivity index (χ1) is 26.1. The molecule has 0 radical (unpaired) electrons. The Labute approximate surface area is 302 Å². The van der Waals surface area contributed by atoms with Crippen LogP contribution in [0.2, 0.25) is 0 Å². The molecule has 0 spiro atoms. The number of hydrogen-bond donors (Lipinski definition) is 0. The van der Waals surface area contributed by atoms with Crippen molar-refractivity contribution in [3.05, 3.63) is 162 Å². The van der Waals surface area contributed by atoms with Crippen LogP contribution in [0.15, 0.2) is 138 Å². The highest BCUT2D eigenvalue weighted by Crippen LogP contribution is 2.44. The first-order valence-electron chi connectivity index (χ1n) is 16.9. The zero-order valence-corrected chi connectivity index (χ0v) is 27.8. The Morgan fingerprint density at radius 3 is 1.79 bits per heavy atom. The minimum Gasteiger partial charge on any atom is -0.455 e. The van der Waals surface area contributed by atoms with Gasteiger partial charge >= 0.3 is 0 Å². The molecule has 10 aromatic rings. The second-order valence-electron chi connectivity index (χ2n) is 12.9. The topological polar surface area (TPSA) is 98.7 Å². The van der Waals surface area contributed by atoms with E-state index in [4.69, 9.17) is 11.0 Å². The van der Waals surface area contributed by atoms with Gasteiger partial charge in [0.1, 0.15) is 23.3 Å². The molecule has 53 heavy (non-hydrogen) atoms. The van der Waals surface area contributed by atoms with Crippen molar-refractivity contribution in [2.45, 2.75) is 0 Å². The molecule has 0 aliphatic carbocycles. The third-order valence-electron chi connectivity index (χ3n) is 10.3. The van der Waals surface area contributed by atoms with E-state index in [2.05, 4.69) is 23.1 Å². The smallest absolute Gasteiger partial charge is 0.212 e. The standard InChI is InChI=1S/C46H22N6O/c1-50-37-23-28(22-29(25-48)45(37)51-38-14-6-2-10-31(38)32-11-3-7-15-39(32)51)30-19-18-27(24-47)44(36(30)26-49)52-40-16-8-4-13-35(40)43-41(52)21-20-34-33-12-5-9-17-42(33)53-46(34)43/h2-23H. The monoisotopic (exact) mass is 674 g/mol. The summed E-state index contributed by atoms with van der Waals surface area (Å²) < 4.78 is 10.4. The molecule has 0 fully saturated rings. The predicted molar refractivity (Wildman–Crippen MR) is 208 cm³/mol. The number of fused-ring (bicyclic) bond motifs is 10. The van der Waals surface area contributed by atoms with E-state index < -0.39 is 0 Å². The fraction of sp³-hybridized carbons (Fsp3) is 0. The average Bonchev–Trinajstić information content (AvgIpc) is 3.87. The summed E-state index contributed by atoms with van der Waals surface area (Å²) in [5.74, 6) is 0. The summed E-state index contributed by atoms with van der Waals surface area (Å²) in [5.41, 5.74) is 7.91. The van der Waals surface area contributed by atoms with Gasteiger partial charge in [0.15, 0.2) is 0 Å². The van der Waals surface area contributed by atoms with Crippen molar-refractivity contribution in [2.75, 3.05) is 0 Å². The molecule has 7 heteroatoms. The van der Waals surface area contributed by atoms with Crippen molar-refractivity contribution < 1.29 is 4.42 Å². The normalized spacial score (nSPS) is 11.3. The highest BCUT2D eigenvalue weighted by atomic mass is 16.3. The lowest BCUT2D eigenvalue weighted by atomic mass is 9.93. The van der Waals surface area contributed by atoms with E-state index >= 15 is 0 Å². The average molecular weight is 675 g/mol. The molecule has 242 valence electrons. The third kappa shape index (κ3) is 4.05. The quantitative estimate of drug-likeness (QED) is 0.174. The second-order valence-corrected chi connectivity index (χ2v) is 12.9. The molecular weight excluding hydrogens is 653 g/mol. The van der Waals surface area contributed by atoms with Gasteiger partial charge in [0.05, 0.1) is 68.2 Å². The van der Waals surface area contributed by atoms with E-state index in [1.54, 1.807) is 24.3 Å². The van der Waals surface area contributed by atoms with Crippen LogP contribution < -0.4 is 0 Å². The van der Waals surface area contributed by atoms with Crippen LogP contribution in [0.25, 0.3) is 92.9 Å². The summed E-state index contributed by atoms with van der Waals surface area (Å²) >= 11 is 0. The van der Waals surface area contributed by atoms with Gasteiger partial charge in [-0.15, -0.1) is 0 Å². The van der Waals surface area contributed by atoms with Gasteiger partial charge in [-0.05, 0) is 60.2 Å². The van der Waals surface area contributed by atoms with Gasteiger partial charge < -0.3 is 13.6 Å². The zero-order chi connectivity index (χ0) is 35.8. The molecule has 0 aliphatic rings. The van der Waals surface area contributed by atoms with Gasteiger partial charge in [-0.3, -0.25) is 0 Å². The lowest BCUT2D eigenvalue weighted by molar-refractivity contribution is 0.673. The van der Waals surface area contributed by atoms with E-state index in [0.717, 1.165) is 65.6 Å². The van der Waals surface area contributed by atoms with Crippen LogP contribution in [-0.4, -0.2) is 9.13 Å². The SMILES string of the molecule is [C-]#[N+]c1cc(-c2ccc(C#N)c(-n3c4ccccc4c4c5oc6ccccc6c5ccc43)c2C#N)cc(C#N)c1-n1c2ccccc2c2ccccc21. The molecule has 0 unspecified atom stereocenters. The Morgan fingerprint density at radius 1 is 0.528 bits per heavy atom. The fourth-order valence-corrected chi connectivity index (χ4v) is 8.09. The molecule has 0 saturated carbocycles. The van der Waals surface area contributed by atoms with E-state index in [1.807, 2.05) is 118 Å². The molecule has 7 nitrogen and oxygen atoms in total. The molecule has 3 heterocycles. The van der Waals surface area contributed by atoms with Gasteiger partial charge in [0.2, 0.25) is 5.69 Å². The molecule has 3 aromatic heterocycles. The maximum atomic E-state index is 11.0. The maximum absolute atomic E-state index is 11.0. The Bertz CT molecular complexity index is 3310. The molecule has 10 rings (SSSR count). The highest BCUT2D eigenvalue weighted by Gasteiger charge is 2.25. The predicted octanol–water partition coefficient (Wildman–Crippen LogP) is 11.6. The van der Waals surface area contributed by atoms with Gasteiger partial charge in [0.25, 0.3) is 0 Å². The van der Waals surface area contributed by atoms with Crippen LogP contribution in [0, 0.1) is 40.6 Å². The van der Waals surface area contributed by atoms with Gasteiger partial charge in [-0.25, -0.2) is 4.85 Å². The molecule has 7 aromatic carbocycles. The molecule has 0 bridgehead atoms. The zero-order valence-electron chi connectivity index (χ0n) is 27.8. The van der Waals surface area contributed by atoms with Crippen LogP contribution in [0.5, 0.6) is 0 Å². The summed E-state index contributed by atoms with van der Waals surface area (Å²) in [6, 6.07) is 49.8. The molecule has 0 N–H and O–H groups in total. The molecule has 0 saturated heterocycles. The van der Waals surface area contributed by atoms with Crippen molar-refractivity contribution in [3.63, 3.8) is 0 Å². The van der Waals surface area contributed by atoms with Gasteiger partial charge in [0, 0.05) is 32.5 Å². The minimum absolute atomic E-state index is 0.251. The van der Waals surface area contributed by atoms with Gasteiger partial charge in [-0.2, -0.15) is 15.8 Å². The van der Waals surface area contributed by atoms with Crippen molar-refractivity contribution in [1.82, 2.24) is 9.13 Å². The Kier molecular flexibility index (Phi) is 6.30. The van der Waals surface area contributed by atoms with E-state index in [9.17, 15) is 15.8 Å². The van der Waals surface area contributed by atoms with E-state index in [1.165, 1.54) is 0 Å². The number of benzene rings is 7. The first-order valence-corrected chi connectivity index (χ1v) is 16.9. The Hall–Kier alpha value is -8.10. The van der Waals surface area contributed by atoms with Crippen LogP contribution in [0.1, 0.15) is 16.7 Å². The maximum Gasteiger partial charge on any atom is 0.212 e. The summed E-state index contributed by atoms with van der Waals surface area (Å²) in [6.45, 7) is 8.32. The van der Waals surface area contributed by atoms with Gasteiger partial charge in [-0.1, -0.05) is 78.9 Å². The largest absolute Gasteiger partial charge is 0.455 e. The van der Waals surface area contributed by atoms with Crippen LogP contribution in [0.4, 0.5) is 5.69 Å². The Morgan fingerprint density at radius 2 is 1.13 bits per heavy atom. The number of nitrogens with zero attached hydrogens (tertiary/aromatic N) is 6. The Balaban J connectivity index is 1.27. The lowest BCUT2D eigenvalue weighted by Gasteiger charge is -2.17. The first kappa shape index (κ1) is 29.8. The summed E-state index contributed by atoms with van der Waals surface area (Å²) in [7, 11) is 0. The van der Waals surface area contributed by atoms with Crippen molar-refractivity contribution >= 4 is 71.2 Å². The number of aromatic nitrogens is 2. The van der Waals surface area contributed by atoms with Crippen LogP contribution in [0.3, 0.4) is 0 Å². The van der Waals surface area contributed by atoms with E-state index in [-0.39, 0.29) is 11.3 Å². The molecule has 0 amide bonds. The summed E-state index contributed by atoms with van der Waals surface area (Å²) in [6.07, 6.45) is 0. The summed E-state index contributed by atoms with van der Waals surface area (Å²) in [4.78, 5) is 3.95.